The molecule has 0 N–H and O–H groups in total. The molecule has 0 aliphatic heterocycles. The van der Waals surface area contributed by atoms with Gasteiger partial charge in [-0.3, -0.25) is 0 Å². The van der Waals surface area contributed by atoms with E-state index >= 15 is 0 Å². The number of fused-ring (bicyclic) bond motifs is 2. The zero-order chi connectivity index (χ0) is 13.3. The Morgan fingerprint density at radius 1 is 0.842 bits per heavy atom. The summed E-state index contributed by atoms with van der Waals surface area (Å²) in [6, 6.07) is 0. The minimum absolute atomic E-state index is 0.552. The van der Waals surface area contributed by atoms with E-state index in [-0.39, 0.29) is 0 Å². The van der Waals surface area contributed by atoms with Gasteiger partial charge >= 0.3 is 0 Å². The van der Waals surface area contributed by atoms with Gasteiger partial charge in [0.1, 0.15) is 0 Å². The lowest BCUT2D eigenvalue weighted by Gasteiger charge is -2.18. The van der Waals surface area contributed by atoms with Crippen molar-refractivity contribution in [2.45, 2.75) is 70.3 Å². The molecule has 0 radical (unpaired) electrons. The van der Waals surface area contributed by atoms with Crippen molar-refractivity contribution in [3.05, 3.63) is 12.2 Å². The van der Waals surface area contributed by atoms with Crippen molar-refractivity contribution in [1.29, 1.82) is 0 Å². The van der Waals surface area contributed by atoms with Crippen molar-refractivity contribution in [2.75, 3.05) is 12.4 Å². The molecule has 110 valence electrons. The van der Waals surface area contributed by atoms with Gasteiger partial charge < -0.3 is 4.74 Å². The summed E-state index contributed by atoms with van der Waals surface area (Å²) < 4.78 is 6.04. The van der Waals surface area contributed by atoms with E-state index in [9.17, 15) is 0 Å². The molecule has 3 atom stereocenters. The molecule has 2 aliphatic rings. The first-order valence-corrected chi connectivity index (χ1v) is 8.94. The highest BCUT2D eigenvalue weighted by Crippen LogP contribution is 2.40. The molecule has 1 fully saturated rings. The Morgan fingerprint density at radius 2 is 1.53 bits per heavy atom. The van der Waals surface area contributed by atoms with Crippen LogP contribution in [0.4, 0.5) is 0 Å². The highest BCUT2D eigenvalue weighted by molar-refractivity contribution is 7.80. The van der Waals surface area contributed by atoms with Crippen LogP contribution in [0.25, 0.3) is 0 Å². The third-order valence-electron chi connectivity index (χ3n) is 4.60. The van der Waals surface area contributed by atoms with Crippen molar-refractivity contribution in [3.63, 3.8) is 0 Å². The average molecular weight is 282 g/mol. The van der Waals surface area contributed by atoms with Crippen LogP contribution in [-0.2, 0) is 4.74 Å². The molecule has 2 heteroatoms. The maximum atomic E-state index is 6.04. The quantitative estimate of drug-likeness (QED) is 0.318. The summed E-state index contributed by atoms with van der Waals surface area (Å²) in [6.07, 6.45) is 18.8. The highest BCUT2D eigenvalue weighted by Gasteiger charge is 2.35. The SMILES string of the molecule is SCCCCCCCCCCO[C@H]1C[C@@H]2C=C[C@H]1C2. The third-order valence-corrected chi connectivity index (χ3v) is 4.92. The van der Waals surface area contributed by atoms with Crippen LogP contribution in [0, 0.1) is 11.8 Å². The zero-order valence-corrected chi connectivity index (χ0v) is 13.1. The summed E-state index contributed by atoms with van der Waals surface area (Å²) in [4.78, 5) is 0. The summed E-state index contributed by atoms with van der Waals surface area (Å²) >= 11 is 4.24. The monoisotopic (exact) mass is 282 g/mol. The fourth-order valence-electron chi connectivity index (χ4n) is 3.43. The van der Waals surface area contributed by atoms with Crippen LogP contribution in [0.2, 0.25) is 0 Å². The van der Waals surface area contributed by atoms with Crippen molar-refractivity contribution < 1.29 is 4.74 Å². The van der Waals surface area contributed by atoms with E-state index in [1.807, 2.05) is 0 Å². The Balaban J connectivity index is 1.34. The van der Waals surface area contributed by atoms with Gasteiger partial charge in [0, 0.05) is 12.5 Å². The lowest BCUT2D eigenvalue weighted by atomic mass is 10.0. The average Bonchev–Trinajstić information content (AvgIpc) is 3.03. The fraction of sp³-hybridized carbons (Fsp3) is 0.882. The molecule has 1 nitrogen and oxygen atoms in total. The molecule has 0 heterocycles. The molecule has 0 aromatic carbocycles. The van der Waals surface area contributed by atoms with Gasteiger partial charge in [-0.15, -0.1) is 0 Å². The highest BCUT2D eigenvalue weighted by atomic mass is 32.1. The number of ether oxygens (including phenoxy) is 1. The lowest BCUT2D eigenvalue weighted by Crippen LogP contribution is -2.18. The summed E-state index contributed by atoms with van der Waals surface area (Å²) in [5.41, 5.74) is 0. The Bertz CT molecular complexity index is 264. The fourth-order valence-corrected chi connectivity index (χ4v) is 3.65. The van der Waals surface area contributed by atoms with Gasteiger partial charge in [-0.1, -0.05) is 50.7 Å². The molecule has 2 rings (SSSR count). The molecule has 19 heavy (non-hydrogen) atoms. The molecule has 0 aromatic rings. The van der Waals surface area contributed by atoms with E-state index in [2.05, 4.69) is 24.8 Å². The topological polar surface area (TPSA) is 9.23 Å². The number of unbranched alkanes of at least 4 members (excludes halogenated alkanes) is 7. The van der Waals surface area contributed by atoms with Crippen LogP contribution in [0.5, 0.6) is 0 Å². The zero-order valence-electron chi connectivity index (χ0n) is 12.2. The summed E-state index contributed by atoms with van der Waals surface area (Å²) in [7, 11) is 0. The van der Waals surface area contributed by atoms with Crippen LogP contribution >= 0.6 is 12.6 Å². The van der Waals surface area contributed by atoms with Crippen LogP contribution < -0.4 is 0 Å². The van der Waals surface area contributed by atoms with Gasteiger partial charge in [0.2, 0.25) is 0 Å². The number of hydrogen-bond acceptors (Lipinski definition) is 2. The van der Waals surface area contributed by atoms with E-state index < -0.39 is 0 Å². The van der Waals surface area contributed by atoms with Crippen molar-refractivity contribution in [2.24, 2.45) is 11.8 Å². The van der Waals surface area contributed by atoms with Gasteiger partial charge in [-0.25, -0.2) is 0 Å². The predicted molar refractivity (Wildman–Crippen MR) is 85.9 cm³/mol. The van der Waals surface area contributed by atoms with E-state index in [1.54, 1.807) is 0 Å². The van der Waals surface area contributed by atoms with E-state index in [0.29, 0.717) is 6.10 Å². The normalized spacial score (nSPS) is 28.4. The van der Waals surface area contributed by atoms with Gasteiger partial charge in [0.05, 0.1) is 6.10 Å². The number of rotatable bonds is 11. The summed E-state index contributed by atoms with van der Waals surface area (Å²) in [5, 5.41) is 0. The Kier molecular flexibility index (Phi) is 7.37. The molecule has 1 saturated carbocycles. The van der Waals surface area contributed by atoms with Gasteiger partial charge in [-0.2, -0.15) is 12.6 Å². The van der Waals surface area contributed by atoms with E-state index in [1.165, 1.54) is 64.2 Å². The second-order valence-corrected chi connectivity index (χ2v) is 6.69. The van der Waals surface area contributed by atoms with Gasteiger partial charge in [0.15, 0.2) is 0 Å². The Morgan fingerprint density at radius 3 is 2.11 bits per heavy atom. The summed E-state index contributed by atoms with van der Waals surface area (Å²) in [6.45, 7) is 0.987. The first-order chi connectivity index (χ1) is 9.40. The lowest BCUT2D eigenvalue weighted by molar-refractivity contribution is 0.0342. The molecule has 0 spiro atoms. The van der Waals surface area contributed by atoms with Crippen LogP contribution in [-0.4, -0.2) is 18.5 Å². The largest absolute Gasteiger partial charge is 0.378 e. The van der Waals surface area contributed by atoms with Gasteiger partial charge in [0.25, 0.3) is 0 Å². The Hall–Kier alpha value is 0.0500. The molecule has 0 aromatic heterocycles. The van der Waals surface area contributed by atoms with Crippen LogP contribution in [0.15, 0.2) is 12.2 Å². The molecule has 0 unspecified atom stereocenters. The smallest absolute Gasteiger partial charge is 0.0643 e. The van der Waals surface area contributed by atoms with Crippen LogP contribution in [0.3, 0.4) is 0 Å². The second-order valence-electron chi connectivity index (χ2n) is 6.24. The second kappa shape index (κ2) is 9.07. The van der Waals surface area contributed by atoms with E-state index in [0.717, 1.165) is 24.2 Å². The molecular formula is C17H30OS. The molecular weight excluding hydrogens is 252 g/mol. The maximum Gasteiger partial charge on any atom is 0.0643 e. The van der Waals surface area contributed by atoms with E-state index in [4.69, 9.17) is 4.74 Å². The Labute approximate surface area is 124 Å². The van der Waals surface area contributed by atoms with Crippen molar-refractivity contribution in [1.82, 2.24) is 0 Å². The summed E-state index contributed by atoms with van der Waals surface area (Å²) in [5.74, 6) is 2.64. The number of hydrogen-bond donors (Lipinski definition) is 1. The first kappa shape index (κ1) is 15.4. The standard InChI is InChI=1S/C17H30OS/c19-12-8-6-4-2-1-3-5-7-11-18-17-14-15-9-10-16(17)13-15/h9-10,15-17,19H,1-8,11-14H2/t15-,16+,17+/m1/s1. The third kappa shape index (κ3) is 5.51. The minimum atomic E-state index is 0.552. The number of thiol groups is 1. The van der Waals surface area contributed by atoms with Crippen LogP contribution in [0.1, 0.15) is 64.2 Å². The van der Waals surface area contributed by atoms with Crippen molar-refractivity contribution >= 4 is 12.6 Å². The molecule has 0 saturated heterocycles. The number of allylic oxidation sites excluding steroid dienone is 1. The minimum Gasteiger partial charge on any atom is -0.378 e. The molecule has 2 aliphatic carbocycles. The predicted octanol–water partition coefficient (Wildman–Crippen LogP) is 5.02. The van der Waals surface area contributed by atoms with Gasteiger partial charge in [-0.05, 0) is 37.4 Å². The maximum absolute atomic E-state index is 6.04. The van der Waals surface area contributed by atoms with Crippen molar-refractivity contribution in [3.8, 4) is 0 Å². The molecule has 2 bridgehead atoms. The first-order valence-electron chi connectivity index (χ1n) is 8.31. The molecule has 0 amide bonds.